The van der Waals surface area contributed by atoms with Crippen LogP contribution in [0.1, 0.15) is 0 Å². The maximum Gasteiger partial charge on any atom is 0.146 e. The molecule has 1 rings (SSSR count). The standard InChI is InChI=1S/C4H10O2.C3H6O2/c1-5-3-4-6-2;1-2-5-3-4-1/h3-4H2,1-2H3;1-3H2. The average molecular weight is 164 g/mol. The highest BCUT2D eigenvalue weighted by Gasteiger charge is 1.93. The van der Waals surface area contributed by atoms with Gasteiger partial charge in [-0.15, -0.1) is 0 Å². The molecule has 0 aromatic rings. The molecule has 0 aromatic carbocycles. The molecule has 4 nitrogen and oxygen atoms in total. The summed E-state index contributed by atoms with van der Waals surface area (Å²) in [5.74, 6) is 0. The van der Waals surface area contributed by atoms with Crippen molar-refractivity contribution in [1.29, 1.82) is 0 Å². The van der Waals surface area contributed by atoms with E-state index < -0.39 is 0 Å². The lowest BCUT2D eigenvalue weighted by Crippen LogP contribution is -1.96. The maximum atomic E-state index is 4.72. The first-order chi connectivity index (χ1) is 5.41. The van der Waals surface area contributed by atoms with Gasteiger partial charge >= 0.3 is 0 Å². The van der Waals surface area contributed by atoms with Crippen LogP contribution in [0.25, 0.3) is 0 Å². The minimum absolute atomic E-state index is 0.500. The Bertz CT molecular complexity index is 51.9. The zero-order chi connectivity index (χ0) is 8.36. The second-order valence-corrected chi connectivity index (χ2v) is 1.92. The van der Waals surface area contributed by atoms with Crippen LogP contribution in [0.15, 0.2) is 0 Å². The Morgan fingerprint density at radius 1 is 1.00 bits per heavy atom. The number of hydrogen-bond acceptors (Lipinski definition) is 4. The van der Waals surface area contributed by atoms with Gasteiger partial charge in [-0.2, -0.15) is 0 Å². The van der Waals surface area contributed by atoms with E-state index >= 15 is 0 Å². The molecule has 1 saturated heterocycles. The van der Waals surface area contributed by atoms with Gasteiger partial charge in [-0.05, 0) is 0 Å². The molecule has 1 aliphatic rings. The summed E-state index contributed by atoms with van der Waals surface area (Å²) in [6.07, 6.45) is 0. The average Bonchev–Trinajstić information content (AvgIpc) is 2.57. The van der Waals surface area contributed by atoms with Gasteiger partial charge in [0.25, 0.3) is 0 Å². The monoisotopic (exact) mass is 164 g/mol. The van der Waals surface area contributed by atoms with Crippen molar-refractivity contribution in [2.75, 3.05) is 47.4 Å². The van der Waals surface area contributed by atoms with E-state index in [1.165, 1.54) is 0 Å². The quantitative estimate of drug-likeness (QED) is 0.561. The first kappa shape index (κ1) is 10.8. The smallest absolute Gasteiger partial charge is 0.146 e. The summed E-state index contributed by atoms with van der Waals surface area (Å²) in [6, 6.07) is 0. The van der Waals surface area contributed by atoms with Crippen LogP contribution in [0.2, 0.25) is 0 Å². The lowest BCUT2D eigenvalue weighted by atomic mass is 10.8. The first-order valence-electron chi connectivity index (χ1n) is 3.55. The maximum absolute atomic E-state index is 4.72. The zero-order valence-corrected chi connectivity index (χ0v) is 7.17. The largest absolute Gasteiger partial charge is 0.382 e. The van der Waals surface area contributed by atoms with Gasteiger partial charge in [0.1, 0.15) is 6.79 Å². The van der Waals surface area contributed by atoms with Crippen LogP contribution >= 0.6 is 0 Å². The van der Waals surface area contributed by atoms with Crippen molar-refractivity contribution in [2.45, 2.75) is 0 Å². The van der Waals surface area contributed by atoms with E-state index in [0.29, 0.717) is 20.0 Å². The number of rotatable bonds is 3. The van der Waals surface area contributed by atoms with Crippen LogP contribution in [0.4, 0.5) is 0 Å². The molecular formula is C7H16O4. The van der Waals surface area contributed by atoms with Crippen LogP contribution in [0.5, 0.6) is 0 Å². The van der Waals surface area contributed by atoms with E-state index in [-0.39, 0.29) is 0 Å². The summed E-state index contributed by atoms with van der Waals surface area (Å²) in [5, 5.41) is 0. The molecule has 1 heterocycles. The van der Waals surface area contributed by atoms with E-state index in [0.717, 1.165) is 13.2 Å². The third kappa shape index (κ3) is 9.84. The van der Waals surface area contributed by atoms with Crippen LogP contribution in [0.3, 0.4) is 0 Å². The number of hydrogen-bond donors (Lipinski definition) is 0. The Balaban J connectivity index is 0.000000183. The van der Waals surface area contributed by atoms with Crippen molar-refractivity contribution in [1.82, 2.24) is 0 Å². The van der Waals surface area contributed by atoms with Crippen molar-refractivity contribution in [3.8, 4) is 0 Å². The molecule has 0 radical (unpaired) electrons. The summed E-state index contributed by atoms with van der Waals surface area (Å²) in [7, 11) is 3.30. The summed E-state index contributed by atoms with van der Waals surface area (Å²) in [4.78, 5) is 0. The molecular weight excluding hydrogens is 148 g/mol. The Morgan fingerprint density at radius 3 is 1.64 bits per heavy atom. The molecule has 0 aromatic heterocycles. The Hall–Kier alpha value is -0.160. The Kier molecular flexibility index (Phi) is 9.70. The topological polar surface area (TPSA) is 36.9 Å². The SMILES string of the molecule is C1COCO1.COCCOC. The van der Waals surface area contributed by atoms with Crippen molar-refractivity contribution in [3.63, 3.8) is 0 Å². The molecule has 11 heavy (non-hydrogen) atoms. The summed E-state index contributed by atoms with van der Waals surface area (Å²) in [6.45, 7) is 3.44. The molecule has 0 spiro atoms. The minimum atomic E-state index is 0.500. The van der Waals surface area contributed by atoms with Crippen LogP contribution in [-0.2, 0) is 18.9 Å². The van der Waals surface area contributed by atoms with E-state index in [1.54, 1.807) is 14.2 Å². The fourth-order valence-electron chi connectivity index (χ4n) is 0.461. The minimum Gasteiger partial charge on any atom is -0.382 e. The molecule has 0 aliphatic carbocycles. The van der Waals surface area contributed by atoms with Crippen LogP contribution in [-0.4, -0.2) is 47.4 Å². The van der Waals surface area contributed by atoms with Gasteiger partial charge in [0.2, 0.25) is 0 Å². The van der Waals surface area contributed by atoms with Crippen molar-refractivity contribution in [2.24, 2.45) is 0 Å². The normalized spacial score (nSPS) is 15.8. The molecule has 1 fully saturated rings. The number of methoxy groups -OCH3 is 2. The van der Waals surface area contributed by atoms with Gasteiger partial charge in [-0.1, -0.05) is 0 Å². The second-order valence-electron chi connectivity index (χ2n) is 1.92. The predicted octanol–water partition coefficient (Wildman–Crippen LogP) is 0.270. The highest BCUT2D eigenvalue weighted by atomic mass is 16.7. The first-order valence-corrected chi connectivity index (χ1v) is 3.55. The molecule has 0 bridgehead atoms. The molecule has 0 atom stereocenters. The predicted molar refractivity (Wildman–Crippen MR) is 40.5 cm³/mol. The van der Waals surface area contributed by atoms with E-state index in [2.05, 4.69) is 9.47 Å². The lowest BCUT2D eigenvalue weighted by Gasteiger charge is -1.91. The van der Waals surface area contributed by atoms with Gasteiger partial charge in [0.05, 0.1) is 26.4 Å². The lowest BCUT2D eigenvalue weighted by molar-refractivity contribution is 0.0692. The summed E-state index contributed by atoms with van der Waals surface area (Å²) >= 11 is 0. The van der Waals surface area contributed by atoms with Gasteiger partial charge in [-0.25, -0.2) is 0 Å². The van der Waals surface area contributed by atoms with Gasteiger partial charge in [-0.3, -0.25) is 0 Å². The van der Waals surface area contributed by atoms with E-state index in [9.17, 15) is 0 Å². The third-order valence-corrected chi connectivity index (χ3v) is 1.03. The highest BCUT2D eigenvalue weighted by molar-refractivity contribution is 4.28. The van der Waals surface area contributed by atoms with Gasteiger partial charge in [0, 0.05) is 14.2 Å². The summed E-state index contributed by atoms with van der Waals surface area (Å²) in [5.41, 5.74) is 0. The Morgan fingerprint density at radius 2 is 1.45 bits per heavy atom. The summed E-state index contributed by atoms with van der Waals surface area (Å²) < 4.78 is 18.8. The third-order valence-electron chi connectivity index (χ3n) is 1.03. The second kappa shape index (κ2) is 9.84. The highest BCUT2D eigenvalue weighted by Crippen LogP contribution is 1.85. The van der Waals surface area contributed by atoms with Crippen LogP contribution in [0, 0.1) is 0 Å². The fourth-order valence-corrected chi connectivity index (χ4v) is 0.461. The fraction of sp³-hybridized carbons (Fsp3) is 1.00. The molecule has 0 amide bonds. The van der Waals surface area contributed by atoms with Crippen molar-refractivity contribution < 1.29 is 18.9 Å². The molecule has 68 valence electrons. The molecule has 0 unspecified atom stereocenters. The van der Waals surface area contributed by atoms with E-state index in [4.69, 9.17) is 9.47 Å². The van der Waals surface area contributed by atoms with Crippen molar-refractivity contribution in [3.05, 3.63) is 0 Å². The molecule has 0 N–H and O–H groups in total. The number of ether oxygens (including phenoxy) is 4. The van der Waals surface area contributed by atoms with Crippen molar-refractivity contribution >= 4 is 0 Å². The molecule has 1 aliphatic heterocycles. The van der Waals surface area contributed by atoms with E-state index in [1.807, 2.05) is 0 Å². The van der Waals surface area contributed by atoms with Gasteiger partial charge in [0.15, 0.2) is 0 Å². The Labute approximate surface area is 67.4 Å². The van der Waals surface area contributed by atoms with Gasteiger partial charge < -0.3 is 18.9 Å². The zero-order valence-electron chi connectivity index (χ0n) is 7.17. The molecule has 4 heteroatoms. The van der Waals surface area contributed by atoms with Crippen LogP contribution < -0.4 is 0 Å². The molecule has 0 saturated carbocycles.